The van der Waals surface area contributed by atoms with Crippen molar-refractivity contribution in [3.63, 3.8) is 0 Å². The van der Waals surface area contributed by atoms with Gasteiger partial charge < -0.3 is 10.0 Å². The van der Waals surface area contributed by atoms with Crippen LogP contribution in [0, 0.1) is 0 Å². The Morgan fingerprint density at radius 2 is 2.09 bits per heavy atom. The smallest absolute Gasteiger partial charge is 0.338 e. The minimum absolute atomic E-state index is 0.0180. The Kier molecular flexibility index (Phi) is 4.96. The molecule has 0 aliphatic rings. The monoisotopic (exact) mass is 369 g/mol. The maximum atomic E-state index is 12.2. The van der Waals surface area contributed by atoms with E-state index in [4.69, 9.17) is 5.11 Å². The minimum Gasteiger partial charge on any atom is -0.478 e. The Morgan fingerprint density at radius 3 is 2.64 bits per heavy atom. The molecule has 2 aromatic heterocycles. The molecule has 118 valence electrons. The van der Waals surface area contributed by atoms with E-state index in [1.54, 1.807) is 11.7 Å². The predicted octanol–water partition coefficient (Wildman–Crippen LogP) is 1.22. The summed E-state index contributed by atoms with van der Waals surface area (Å²) in [5, 5.41) is 17.0. The molecule has 2 heterocycles. The van der Waals surface area contributed by atoms with Crippen molar-refractivity contribution in [3.05, 3.63) is 34.3 Å². The number of carbonyl (C=O) groups excluding carboxylic acids is 1. The van der Waals surface area contributed by atoms with Gasteiger partial charge in [-0.1, -0.05) is 0 Å². The number of likely N-dealkylation sites (N-methyl/N-ethyl adjacent to an activating group) is 1. The summed E-state index contributed by atoms with van der Waals surface area (Å²) in [6.07, 6.45) is 4.41. The molecule has 9 heteroatoms. The van der Waals surface area contributed by atoms with Gasteiger partial charge in [0.05, 0.1) is 28.5 Å². The van der Waals surface area contributed by atoms with Crippen LogP contribution in [0.25, 0.3) is 0 Å². The molecule has 0 aliphatic heterocycles. The molecular formula is C13H16BrN5O3. The van der Waals surface area contributed by atoms with Crippen molar-refractivity contribution in [3.8, 4) is 0 Å². The molecule has 0 atom stereocenters. The molecule has 0 aromatic carbocycles. The molecule has 2 aromatic rings. The highest BCUT2D eigenvalue weighted by molar-refractivity contribution is 9.10. The third kappa shape index (κ3) is 3.73. The number of carbonyl (C=O) groups is 2. The van der Waals surface area contributed by atoms with Crippen LogP contribution in [-0.4, -0.2) is 48.5 Å². The van der Waals surface area contributed by atoms with E-state index >= 15 is 0 Å². The molecule has 8 nitrogen and oxygen atoms in total. The number of rotatable bonds is 6. The second-order valence-electron chi connectivity index (χ2n) is 4.76. The normalized spacial score (nSPS) is 10.7. The summed E-state index contributed by atoms with van der Waals surface area (Å²) < 4.78 is 3.94. The summed E-state index contributed by atoms with van der Waals surface area (Å²) in [6, 6.07) is 0. The maximum absolute atomic E-state index is 12.2. The summed E-state index contributed by atoms with van der Waals surface area (Å²) in [5.74, 6) is -1.25. The van der Waals surface area contributed by atoms with Gasteiger partial charge in [0, 0.05) is 26.0 Å². The number of hydrogen-bond acceptors (Lipinski definition) is 4. The van der Waals surface area contributed by atoms with Crippen LogP contribution in [0.1, 0.15) is 23.0 Å². The van der Waals surface area contributed by atoms with Gasteiger partial charge in [0.1, 0.15) is 6.54 Å². The Bertz CT molecular complexity index is 694. The number of halogens is 1. The zero-order valence-electron chi connectivity index (χ0n) is 12.2. The summed E-state index contributed by atoms with van der Waals surface area (Å²) in [7, 11) is 1.67. The van der Waals surface area contributed by atoms with E-state index in [0.717, 1.165) is 16.7 Å². The van der Waals surface area contributed by atoms with E-state index in [2.05, 4.69) is 26.1 Å². The zero-order chi connectivity index (χ0) is 16.3. The van der Waals surface area contributed by atoms with Gasteiger partial charge in [-0.15, -0.1) is 0 Å². The minimum atomic E-state index is -1.07. The number of nitrogens with zero attached hydrogens (tertiary/aromatic N) is 5. The van der Waals surface area contributed by atoms with Crippen molar-refractivity contribution in [1.82, 2.24) is 24.5 Å². The lowest BCUT2D eigenvalue weighted by Gasteiger charge is -2.16. The van der Waals surface area contributed by atoms with E-state index < -0.39 is 5.97 Å². The van der Waals surface area contributed by atoms with Gasteiger partial charge >= 0.3 is 5.97 Å². The first-order valence-corrected chi connectivity index (χ1v) is 7.41. The fourth-order valence-electron chi connectivity index (χ4n) is 1.84. The first kappa shape index (κ1) is 16.2. The fourth-order valence-corrected chi connectivity index (χ4v) is 2.28. The molecule has 0 spiro atoms. The molecule has 22 heavy (non-hydrogen) atoms. The van der Waals surface area contributed by atoms with Crippen molar-refractivity contribution in [2.24, 2.45) is 0 Å². The average Bonchev–Trinajstić information content (AvgIpc) is 3.06. The van der Waals surface area contributed by atoms with Gasteiger partial charge in [-0.3, -0.25) is 14.2 Å². The van der Waals surface area contributed by atoms with Crippen LogP contribution in [0.5, 0.6) is 0 Å². The van der Waals surface area contributed by atoms with Crippen LogP contribution in [0.15, 0.2) is 23.1 Å². The molecule has 0 bridgehead atoms. The maximum Gasteiger partial charge on any atom is 0.338 e. The lowest BCUT2D eigenvalue weighted by Crippen LogP contribution is -2.30. The predicted molar refractivity (Wildman–Crippen MR) is 81.3 cm³/mol. The Morgan fingerprint density at radius 1 is 1.36 bits per heavy atom. The van der Waals surface area contributed by atoms with Crippen LogP contribution in [0.3, 0.4) is 0 Å². The number of hydrogen-bond donors (Lipinski definition) is 1. The highest BCUT2D eigenvalue weighted by atomic mass is 79.9. The van der Waals surface area contributed by atoms with Gasteiger partial charge in [-0.2, -0.15) is 10.2 Å². The topological polar surface area (TPSA) is 93.2 Å². The highest BCUT2D eigenvalue weighted by Crippen LogP contribution is 2.16. The lowest BCUT2D eigenvalue weighted by atomic mass is 10.4. The first-order chi connectivity index (χ1) is 10.4. The van der Waals surface area contributed by atoms with Crippen molar-refractivity contribution in [1.29, 1.82) is 0 Å². The summed E-state index contributed by atoms with van der Waals surface area (Å²) in [4.78, 5) is 24.5. The second kappa shape index (κ2) is 6.73. The van der Waals surface area contributed by atoms with Crippen LogP contribution in [0.4, 0.5) is 0 Å². The highest BCUT2D eigenvalue weighted by Gasteiger charge is 2.15. The van der Waals surface area contributed by atoms with Gasteiger partial charge in [-0.05, 0) is 22.9 Å². The molecule has 0 aliphatic carbocycles. The first-order valence-electron chi connectivity index (χ1n) is 6.62. The molecule has 1 N–H and O–H groups in total. The van der Waals surface area contributed by atoms with E-state index in [0.29, 0.717) is 6.54 Å². The van der Waals surface area contributed by atoms with Crippen molar-refractivity contribution >= 4 is 27.8 Å². The zero-order valence-corrected chi connectivity index (χ0v) is 13.8. The van der Waals surface area contributed by atoms with Crippen molar-refractivity contribution in [2.75, 3.05) is 7.05 Å². The number of aromatic carboxylic acids is 1. The van der Waals surface area contributed by atoms with Crippen LogP contribution >= 0.6 is 15.9 Å². The third-order valence-corrected chi connectivity index (χ3v) is 3.76. The van der Waals surface area contributed by atoms with E-state index in [1.807, 2.05) is 13.1 Å². The quantitative estimate of drug-likeness (QED) is 0.825. The molecule has 1 amide bonds. The largest absolute Gasteiger partial charge is 0.478 e. The van der Waals surface area contributed by atoms with E-state index in [9.17, 15) is 9.59 Å². The lowest BCUT2D eigenvalue weighted by molar-refractivity contribution is -0.131. The summed E-state index contributed by atoms with van der Waals surface area (Å²) in [6.45, 7) is 3.08. The second-order valence-corrected chi connectivity index (χ2v) is 5.62. The number of amides is 1. The Hall–Kier alpha value is -2.16. The molecule has 2 rings (SSSR count). The summed E-state index contributed by atoms with van der Waals surface area (Å²) in [5.41, 5.74) is 0.823. The standard InChI is InChI=1S/C13H16BrN5O3/c1-3-18-6-10(14)11(16-18)7-17(2)12(20)8-19-5-9(4-15-19)13(21)22/h4-6H,3,7-8H2,1-2H3,(H,21,22). The molecule has 0 radical (unpaired) electrons. The Balaban J connectivity index is 1.99. The van der Waals surface area contributed by atoms with Crippen LogP contribution in [-0.2, 0) is 24.4 Å². The molecule has 0 saturated heterocycles. The SMILES string of the molecule is CCn1cc(Br)c(CN(C)C(=O)Cn2cc(C(=O)O)cn2)n1. The number of aryl methyl sites for hydroxylation is 1. The molecule has 0 unspecified atom stereocenters. The fraction of sp³-hybridized carbons (Fsp3) is 0.385. The third-order valence-electron chi connectivity index (χ3n) is 3.10. The van der Waals surface area contributed by atoms with Crippen LogP contribution < -0.4 is 0 Å². The van der Waals surface area contributed by atoms with Gasteiger partial charge in [0.15, 0.2) is 0 Å². The summed E-state index contributed by atoms with van der Waals surface area (Å²) >= 11 is 3.42. The van der Waals surface area contributed by atoms with Gasteiger partial charge in [-0.25, -0.2) is 4.79 Å². The molecule has 0 saturated carbocycles. The van der Waals surface area contributed by atoms with E-state index in [-0.39, 0.29) is 18.0 Å². The van der Waals surface area contributed by atoms with Crippen LogP contribution in [0.2, 0.25) is 0 Å². The van der Waals surface area contributed by atoms with E-state index in [1.165, 1.54) is 22.0 Å². The Labute approximate surface area is 135 Å². The molecule has 0 fully saturated rings. The number of carboxylic acids is 1. The number of aromatic nitrogens is 4. The van der Waals surface area contributed by atoms with Gasteiger partial charge in [0.2, 0.25) is 5.91 Å². The van der Waals surface area contributed by atoms with Crippen molar-refractivity contribution in [2.45, 2.75) is 26.6 Å². The van der Waals surface area contributed by atoms with Gasteiger partial charge in [0.25, 0.3) is 0 Å². The van der Waals surface area contributed by atoms with Crippen molar-refractivity contribution < 1.29 is 14.7 Å². The molecular weight excluding hydrogens is 354 g/mol. The average molecular weight is 370 g/mol. The number of carboxylic acid groups (broad SMARTS) is 1.